The quantitative estimate of drug-likeness (QED) is 0.155. The molecule has 0 unspecified atom stereocenters. The number of hydrazone groups is 1. The van der Waals surface area contributed by atoms with Gasteiger partial charge in [-0.05, 0) is 48.0 Å². The molecule has 4 aromatic rings. The fourth-order valence-electron chi connectivity index (χ4n) is 3.01. The number of benzene rings is 3. The van der Waals surface area contributed by atoms with Gasteiger partial charge >= 0.3 is 5.97 Å². The number of esters is 1. The van der Waals surface area contributed by atoms with Crippen LogP contribution in [0.15, 0.2) is 77.9 Å². The Kier molecular flexibility index (Phi) is 7.41. The van der Waals surface area contributed by atoms with Gasteiger partial charge in [-0.2, -0.15) is 5.10 Å². The first-order valence-corrected chi connectivity index (χ1v) is 11.3. The number of ether oxygens (including phenoxy) is 3. The van der Waals surface area contributed by atoms with E-state index in [-0.39, 0.29) is 6.61 Å². The summed E-state index contributed by atoms with van der Waals surface area (Å²) in [6, 6.07) is 21.2. The Bertz CT molecular complexity index is 1350. The average molecular weight is 495 g/mol. The molecule has 1 aromatic heterocycles. The predicted molar refractivity (Wildman–Crippen MR) is 132 cm³/mol. The van der Waals surface area contributed by atoms with Crippen LogP contribution in [0.5, 0.6) is 17.2 Å². The molecular weight excluding hydrogens is 476 g/mol. The maximum Gasteiger partial charge on any atom is 0.355 e. The lowest BCUT2D eigenvalue weighted by Gasteiger charge is -2.09. The van der Waals surface area contributed by atoms with Gasteiger partial charge in [0.1, 0.15) is 10.6 Å². The molecule has 0 aliphatic heterocycles. The second-order valence-corrected chi connectivity index (χ2v) is 8.36. The van der Waals surface area contributed by atoms with Crippen molar-refractivity contribution in [3.05, 3.63) is 88.3 Å². The second kappa shape index (κ2) is 10.8. The van der Waals surface area contributed by atoms with Gasteiger partial charge in [-0.15, -0.1) is 11.3 Å². The molecule has 0 saturated carbocycles. The van der Waals surface area contributed by atoms with Crippen molar-refractivity contribution in [1.82, 2.24) is 5.43 Å². The summed E-state index contributed by atoms with van der Waals surface area (Å²) in [4.78, 5) is 24.9. The second-order valence-electron chi connectivity index (χ2n) is 6.93. The summed E-state index contributed by atoms with van der Waals surface area (Å²) in [5.41, 5.74) is 3.09. The van der Waals surface area contributed by atoms with Gasteiger partial charge in [0.2, 0.25) is 0 Å². The van der Waals surface area contributed by atoms with Crippen LogP contribution in [0.1, 0.15) is 15.2 Å². The highest BCUT2D eigenvalue weighted by molar-refractivity contribution is 7.21. The molecule has 4 rings (SSSR count). The van der Waals surface area contributed by atoms with Gasteiger partial charge in [-0.25, -0.2) is 10.2 Å². The number of thiophene rings is 1. The summed E-state index contributed by atoms with van der Waals surface area (Å²) in [7, 11) is 1.53. The van der Waals surface area contributed by atoms with Gasteiger partial charge in [0.25, 0.3) is 5.91 Å². The number of hydrogen-bond donors (Lipinski definition) is 1. The van der Waals surface area contributed by atoms with Crippen LogP contribution < -0.4 is 19.6 Å². The Morgan fingerprint density at radius 2 is 1.71 bits per heavy atom. The number of rotatable bonds is 8. The summed E-state index contributed by atoms with van der Waals surface area (Å²) in [6.45, 7) is -0.215. The minimum atomic E-state index is -0.519. The Morgan fingerprint density at radius 3 is 2.44 bits per heavy atom. The van der Waals surface area contributed by atoms with Crippen LogP contribution >= 0.6 is 22.9 Å². The molecule has 7 nitrogen and oxygen atoms in total. The number of carbonyl (C=O) groups is 2. The van der Waals surface area contributed by atoms with E-state index in [9.17, 15) is 9.59 Å². The number of nitrogens with one attached hydrogen (secondary N) is 1. The van der Waals surface area contributed by atoms with Crippen LogP contribution in [0.2, 0.25) is 5.02 Å². The molecule has 9 heteroatoms. The first kappa shape index (κ1) is 23.3. The molecule has 0 aliphatic rings. The molecule has 3 aromatic carbocycles. The van der Waals surface area contributed by atoms with E-state index in [1.807, 2.05) is 30.3 Å². The fourth-order valence-corrected chi connectivity index (χ4v) is 4.40. The number of fused-ring (bicyclic) bond motifs is 1. The zero-order valence-electron chi connectivity index (χ0n) is 18.0. The van der Waals surface area contributed by atoms with Crippen molar-refractivity contribution >= 4 is 51.1 Å². The van der Waals surface area contributed by atoms with Crippen LogP contribution in [0, 0.1) is 0 Å². The third-order valence-electron chi connectivity index (χ3n) is 4.64. The monoisotopic (exact) mass is 494 g/mol. The van der Waals surface area contributed by atoms with E-state index in [4.69, 9.17) is 25.8 Å². The van der Waals surface area contributed by atoms with Crippen molar-refractivity contribution in [2.75, 3.05) is 13.7 Å². The summed E-state index contributed by atoms with van der Waals surface area (Å²) in [5.74, 6) is 0.424. The molecule has 172 valence electrons. The molecular formula is C25H19ClN2O5S. The lowest BCUT2D eigenvalue weighted by molar-refractivity contribution is -0.123. The van der Waals surface area contributed by atoms with Gasteiger partial charge in [-0.1, -0.05) is 41.9 Å². The standard InChI is InChI=1S/C25H19ClN2O5S/c1-31-19-7-3-4-8-20(19)32-15-22(29)28-27-14-16-10-12-17(13-11-16)33-25(30)24-23(26)18-6-2-5-9-21(18)34-24/h2-14H,15H2,1H3,(H,28,29). The summed E-state index contributed by atoms with van der Waals surface area (Å²) >= 11 is 7.63. The van der Waals surface area contributed by atoms with Gasteiger partial charge < -0.3 is 14.2 Å². The molecule has 1 amide bonds. The average Bonchev–Trinajstić information content (AvgIpc) is 3.20. The zero-order chi connectivity index (χ0) is 23.9. The number of hydrogen-bond acceptors (Lipinski definition) is 7. The van der Waals surface area contributed by atoms with Crippen LogP contribution in [-0.4, -0.2) is 31.8 Å². The summed E-state index contributed by atoms with van der Waals surface area (Å²) in [5, 5.41) is 5.12. The number of carbonyl (C=O) groups excluding carboxylic acids is 2. The van der Waals surface area contributed by atoms with Gasteiger partial charge in [0, 0.05) is 10.1 Å². The highest BCUT2D eigenvalue weighted by Crippen LogP contribution is 2.35. The van der Waals surface area contributed by atoms with E-state index in [1.165, 1.54) is 24.7 Å². The Labute approximate surface area is 204 Å². The third-order valence-corrected chi connectivity index (χ3v) is 6.30. The van der Waals surface area contributed by atoms with E-state index in [1.54, 1.807) is 42.5 Å². The van der Waals surface area contributed by atoms with Crippen LogP contribution in [0.25, 0.3) is 10.1 Å². The van der Waals surface area contributed by atoms with Gasteiger partial charge in [-0.3, -0.25) is 4.79 Å². The number of halogens is 1. The number of para-hydroxylation sites is 2. The largest absolute Gasteiger partial charge is 0.493 e. The van der Waals surface area contributed by atoms with Crippen molar-refractivity contribution in [2.24, 2.45) is 5.10 Å². The molecule has 1 N–H and O–H groups in total. The Hall–Kier alpha value is -3.88. The Balaban J connectivity index is 1.29. The lowest BCUT2D eigenvalue weighted by atomic mass is 10.2. The first-order valence-electron chi connectivity index (χ1n) is 10.1. The van der Waals surface area contributed by atoms with E-state index in [2.05, 4.69) is 10.5 Å². The molecule has 0 saturated heterocycles. The molecule has 0 bridgehead atoms. The zero-order valence-corrected chi connectivity index (χ0v) is 19.6. The maximum atomic E-state index is 12.6. The molecule has 0 aliphatic carbocycles. The van der Waals surface area contributed by atoms with Crippen molar-refractivity contribution in [3.63, 3.8) is 0 Å². The number of methoxy groups -OCH3 is 1. The molecule has 0 fully saturated rings. The molecule has 1 heterocycles. The lowest BCUT2D eigenvalue weighted by Crippen LogP contribution is -2.24. The van der Waals surface area contributed by atoms with Crippen molar-refractivity contribution in [1.29, 1.82) is 0 Å². The maximum absolute atomic E-state index is 12.6. The predicted octanol–water partition coefficient (Wildman–Crippen LogP) is 5.31. The van der Waals surface area contributed by atoms with Crippen molar-refractivity contribution < 1.29 is 23.8 Å². The fraction of sp³-hybridized carbons (Fsp3) is 0.0800. The highest BCUT2D eigenvalue weighted by atomic mass is 35.5. The Morgan fingerprint density at radius 1 is 1.00 bits per heavy atom. The molecule has 34 heavy (non-hydrogen) atoms. The topological polar surface area (TPSA) is 86.2 Å². The SMILES string of the molecule is COc1ccccc1OCC(=O)NN=Cc1ccc(OC(=O)c2sc3ccccc3c2Cl)cc1. The first-order chi connectivity index (χ1) is 16.5. The molecule has 0 atom stereocenters. The number of nitrogens with zero attached hydrogens (tertiary/aromatic N) is 1. The van der Waals surface area contributed by atoms with E-state index < -0.39 is 11.9 Å². The minimum Gasteiger partial charge on any atom is -0.493 e. The molecule has 0 radical (unpaired) electrons. The molecule has 0 spiro atoms. The summed E-state index contributed by atoms with van der Waals surface area (Å²) < 4.78 is 17.0. The van der Waals surface area contributed by atoms with Crippen LogP contribution in [0.4, 0.5) is 0 Å². The highest BCUT2D eigenvalue weighted by Gasteiger charge is 2.18. The van der Waals surface area contributed by atoms with E-state index >= 15 is 0 Å². The van der Waals surface area contributed by atoms with Crippen molar-refractivity contribution in [2.45, 2.75) is 0 Å². The van der Waals surface area contributed by atoms with Gasteiger partial charge in [0.15, 0.2) is 18.1 Å². The van der Waals surface area contributed by atoms with Crippen LogP contribution in [0.3, 0.4) is 0 Å². The summed E-state index contributed by atoms with van der Waals surface area (Å²) in [6.07, 6.45) is 1.47. The van der Waals surface area contributed by atoms with Crippen LogP contribution in [-0.2, 0) is 4.79 Å². The van der Waals surface area contributed by atoms with E-state index in [0.29, 0.717) is 32.7 Å². The van der Waals surface area contributed by atoms with E-state index in [0.717, 1.165) is 10.1 Å². The van der Waals surface area contributed by atoms with Crippen molar-refractivity contribution in [3.8, 4) is 17.2 Å². The number of amides is 1. The minimum absolute atomic E-state index is 0.215. The third kappa shape index (κ3) is 5.54. The normalized spacial score (nSPS) is 10.9. The van der Waals surface area contributed by atoms with Gasteiger partial charge in [0.05, 0.1) is 18.3 Å². The smallest absolute Gasteiger partial charge is 0.355 e.